The Morgan fingerprint density at radius 2 is 2.35 bits per heavy atom. The number of hydrogen-bond donors (Lipinski definition) is 2. The average Bonchev–Trinajstić information content (AvgIpc) is 2.91. The lowest BCUT2D eigenvalue weighted by Crippen LogP contribution is -2.35. The Labute approximate surface area is 114 Å². The van der Waals surface area contributed by atoms with E-state index in [4.69, 9.17) is 5.73 Å². The highest BCUT2D eigenvalue weighted by molar-refractivity contribution is 5.65. The number of aliphatic imine (C=N–C) groups is 1. The van der Waals surface area contributed by atoms with Crippen LogP contribution in [0.2, 0.25) is 0 Å². The Morgan fingerprint density at radius 1 is 1.50 bits per heavy atom. The lowest BCUT2D eigenvalue weighted by molar-refractivity contribution is -0.384. The van der Waals surface area contributed by atoms with Crippen LogP contribution < -0.4 is 5.73 Å². The van der Waals surface area contributed by atoms with Gasteiger partial charge in [0.1, 0.15) is 6.17 Å². The molecule has 3 N–H and O–H groups in total. The Bertz CT molecular complexity index is 680. The summed E-state index contributed by atoms with van der Waals surface area (Å²) in [5.74, 6) is 0.577. The number of nitrogens with zero attached hydrogens (tertiary/aromatic N) is 4. The van der Waals surface area contributed by atoms with Crippen LogP contribution in [0.5, 0.6) is 0 Å². The number of nitro benzene ring substituents is 1. The summed E-state index contributed by atoms with van der Waals surface area (Å²) in [6.07, 6.45) is 2.75. The Balaban J connectivity index is 1.82. The second-order valence-electron chi connectivity index (χ2n) is 4.43. The van der Waals surface area contributed by atoms with E-state index in [1.54, 1.807) is 23.6 Å². The van der Waals surface area contributed by atoms with Gasteiger partial charge in [0.05, 0.1) is 23.3 Å². The zero-order valence-corrected chi connectivity index (χ0v) is 10.4. The molecule has 1 aliphatic heterocycles. The summed E-state index contributed by atoms with van der Waals surface area (Å²) >= 11 is 0. The minimum Gasteiger partial charge on any atom is -0.344 e. The number of nitrogens with two attached hydrogens (primary N) is 1. The van der Waals surface area contributed by atoms with Crippen LogP contribution in [0.1, 0.15) is 17.4 Å². The van der Waals surface area contributed by atoms with Gasteiger partial charge in [0.15, 0.2) is 5.82 Å². The van der Waals surface area contributed by atoms with E-state index in [9.17, 15) is 10.1 Å². The molecule has 8 heteroatoms. The molecule has 20 heavy (non-hydrogen) atoms. The molecule has 1 unspecified atom stereocenters. The van der Waals surface area contributed by atoms with E-state index in [-0.39, 0.29) is 5.69 Å². The first-order chi connectivity index (χ1) is 9.65. The molecule has 102 valence electrons. The SMILES string of the molecule is NC1c2[nH]cnc2N=CN1Cc1cccc([N+](=O)[O-])c1. The summed E-state index contributed by atoms with van der Waals surface area (Å²) in [5.41, 5.74) is 7.70. The van der Waals surface area contributed by atoms with Gasteiger partial charge in [0.2, 0.25) is 0 Å². The lowest BCUT2D eigenvalue weighted by atomic mass is 10.1. The number of non-ortho nitro benzene ring substituents is 1. The maximum Gasteiger partial charge on any atom is 0.269 e. The summed E-state index contributed by atoms with van der Waals surface area (Å²) in [6.45, 7) is 0.435. The van der Waals surface area contributed by atoms with E-state index < -0.39 is 11.1 Å². The molecule has 0 saturated carbocycles. The molecule has 0 spiro atoms. The second-order valence-corrected chi connectivity index (χ2v) is 4.43. The van der Waals surface area contributed by atoms with Gasteiger partial charge in [-0.25, -0.2) is 9.98 Å². The van der Waals surface area contributed by atoms with Gasteiger partial charge in [-0.15, -0.1) is 0 Å². The fourth-order valence-corrected chi connectivity index (χ4v) is 2.10. The fourth-order valence-electron chi connectivity index (χ4n) is 2.10. The van der Waals surface area contributed by atoms with E-state index in [1.807, 2.05) is 6.07 Å². The monoisotopic (exact) mass is 272 g/mol. The van der Waals surface area contributed by atoms with Crippen LogP contribution in [0.3, 0.4) is 0 Å². The van der Waals surface area contributed by atoms with Crippen molar-refractivity contribution < 1.29 is 4.92 Å². The largest absolute Gasteiger partial charge is 0.344 e. The van der Waals surface area contributed by atoms with Crippen LogP contribution in [0, 0.1) is 10.1 Å². The molecule has 0 saturated heterocycles. The molecule has 8 nitrogen and oxygen atoms in total. The number of nitrogens with one attached hydrogen (secondary N) is 1. The number of nitro groups is 1. The molecule has 0 aliphatic carbocycles. The molecular weight excluding hydrogens is 260 g/mol. The molecule has 0 radical (unpaired) electrons. The Kier molecular flexibility index (Phi) is 2.92. The predicted molar refractivity (Wildman–Crippen MR) is 72.3 cm³/mol. The van der Waals surface area contributed by atoms with Crippen molar-refractivity contribution in [3.63, 3.8) is 0 Å². The van der Waals surface area contributed by atoms with Gasteiger partial charge in [0, 0.05) is 18.7 Å². The zero-order chi connectivity index (χ0) is 14.1. The van der Waals surface area contributed by atoms with Gasteiger partial charge in [0.25, 0.3) is 5.69 Å². The van der Waals surface area contributed by atoms with Crippen molar-refractivity contribution in [2.45, 2.75) is 12.7 Å². The van der Waals surface area contributed by atoms with Crippen LogP contribution in [0.15, 0.2) is 35.6 Å². The third-order valence-corrected chi connectivity index (χ3v) is 3.12. The molecule has 2 aromatic rings. The van der Waals surface area contributed by atoms with Gasteiger partial charge in [-0.1, -0.05) is 12.1 Å². The first kappa shape index (κ1) is 12.3. The summed E-state index contributed by atoms with van der Waals surface area (Å²) in [6, 6.07) is 6.46. The van der Waals surface area contributed by atoms with Gasteiger partial charge < -0.3 is 15.6 Å². The second kappa shape index (κ2) is 4.74. The summed E-state index contributed by atoms with van der Waals surface area (Å²) < 4.78 is 0. The van der Waals surface area contributed by atoms with Gasteiger partial charge in [-0.05, 0) is 5.56 Å². The smallest absolute Gasteiger partial charge is 0.269 e. The number of aromatic nitrogens is 2. The predicted octanol–water partition coefficient (Wildman–Crippen LogP) is 1.45. The minimum atomic E-state index is -0.416. The Hall–Kier alpha value is -2.74. The van der Waals surface area contributed by atoms with Crippen LogP contribution in [-0.4, -0.2) is 26.1 Å². The maximum absolute atomic E-state index is 10.8. The third kappa shape index (κ3) is 2.12. The molecule has 0 bridgehead atoms. The minimum absolute atomic E-state index is 0.0623. The quantitative estimate of drug-likeness (QED) is 0.648. The van der Waals surface area contributed by atoms with Crippen LogP contribution in [-0.2, 0) is 6.54 Å². The third-order valence-electron chi connectivity index (χ3n) is 3.12. The first-order valence-electron chi connectivity index (χ1n) is 5.97. The standard InChI is InChI=1S/C12H12N6O2/c13-11-10-12(15-6-14-10)16-7-17(11)5-8-2-1-3-9(4-8)18(19)20/h1-4,6-7,11H,5,13H2,(H,14,15). The number of rotatable bonds is 3. The van der Waals surface area contributed by atoms with Crippen molar-refractivity contribution in [2.24, 2.45) is 10.7 Å². The number of hydrogen-bond acceptors (Lipinski definition) is 6. The van der Waals surface area contributed by atoms with Crippen molar-refractivity contribution in [2.75, 3.05) is 0 Å². The van der Waals surface area contributed by atoms with E-state index in [0.29, 0.717) is 12.4 Å². The highest BCUT2D eigenvalue weighted by Crippen LogP contribution is 2.27. The van der Waals surface area contributed by atoms with Crippen LogP contribution in [0.4, 0.5) is 11.5 Å². The molecule has 3 rings (SSSR count). The normalized spacial score (nSPS) is 17.1. The van der Waals surface area contributed by atoms with Crippen molar-refractivity contribution in [3.05, 3.63) is 52.0 Å². The topological polar surface area (TPSA) is 113 Å². The molecule has 0 fully saturated rings. The van der Waals surface area contributed by atoms with E-state index in [1.165, 1.54) is 12.1 Å². The van der Waals surface area contributed by atoms with E-state index in [0.717, 1.165) is 11.3 Å². The zero-order valence-electron chi connectivity index (χ0n) is 10.4. The molecule has 2 heterocycles. The molecule has 0 amide bonds. The van der Waals surface area contributed by atoms with Crippen molar-refractivity contribution in [3.8, 4) is 0 Å². The van der Waals surface area contributed by atoms with Crippen molar-refractivity contribution >= 4 is 17.8 Å². The number of benzene rings is 1. The van der Waals surface area contributed by atoms with Crippen molar-refractivity contribution in [1.82, 2.24) is 14.9 Å². The Morgan fingerprint density at radius 3 is 3.15 bits per heavy atom. The van der Waals surface area contributed by atoms with Crippen LogP contribution >= 0.6 is 0 Å². The van der Waals surface area contributed by atoms with Gasteiger partial charge in [-0.2, -0.15) is 0 Å². The maximum atomic E-state index is 10.8. The van der Waals surface area contributed by atoms with Crippen molar-refractivity contribution in [1.29, 1.82) is 0 Å². The highest BCUT2D eigenvalue weighted by atomic mass is 16.6. The van der Waals surface area contributed by atoms with Gasteiger partial charge in [-0.3, -0.25) is 10.1 Å². The first-order valence-corrected chi connectivity index (χ1v) is 5.97. The van der Waals surface area contributed by atoms with Gasteiger partial charge >= 0.3 is 0 Å². The summed E-state index contributed by atoms with van der Waals surface area (Å²) in [4.78, 5) is 23.3. The molecule has 1 aromatic heterocycles. The van der Waals surface area contributed by atoms with E-state index in [2.05, 4.69) is 15.0 Å². The van der Waals surface area contributed by atoms with Crippen LogP contribution in [0.25, 0.3) is 0 Å². The molecular formula is C12H12N6O2. The summed E-state index contributed by atoms with van der Waals surface area (Å²) in [5, 5.41) is 10.8. The highest BCUT2D eigenvalue weighted by Gasteiger charge is 2.23. The number of H-pyrrole nitrogens is 1. The number of fused-ring (bicyclic) bond motifs is 1. The average molecular weight is 272 g/mol. The molecule has 1 aliphatic rings. The fraction of sp³-hybridized carbons (Fsp3) is 0.167. The van der Waals surface area contributed by atoms with E-state index >= 15 is 0 Å². The number of aromatic amines is 1. The molecule has 1 aromatic carbocycles. The molecule has 1 atom stereocenters. The number of imidazole rings is 1. The lowest BCUT2D eigenvalue weighted by Gasteiger charge is -2.28. The summed E-state index contributed by atoms with van der Waals surface area (Å²) in [7, 11) is 0.